The van der Waals surface area contributed by atoms with Crippen LogP contribution in [-0.4, -0.2) is 38.0 Å². The number of furan rings is 1. The molecule has 1 aliphatic carbocycles. The first kappa shape index (κ1) is 15.6. The molecule has 0 unspecified atom stereocenters. The Morgan fingerprint density at radius 3 is 3.00 bits per heavy atom. The number of carbonyl (C=O) groups is 1. The third-order valence-corrected chi connectivity index (χ3v) is 5.72. The van der Waals surface area contributed by atoms with Crippen LogP contribution < -0.4 is 0 Å². The van der Waals surface area contributed by atoms with Gasteiger partial charge in [-0.15, -0.1) is 0 Å². The van der Waals surface area contributed by atoms with E-state index in [0.29, 0.717) is 25.1 Å². The maximum Gasteiger partial charge on any atom is 0.226 e. The Bertz CT molecular complexity index is 937. The Labute approximate surface area is 150 Å². The summed E-state index contributed by atoms with van der Waals surface area (Å²) in [4.78, 5) is 22.5. The minimum atomic E-state index is -0.832. The summed E-state index contributed by atoms with van der Waals surface area (Å²) in [7, 11) is 0. The van der Waals surface area contributed by atoms with E-state index in [4.69, 9.17) is 4.42 Å². The van der Waals surface area contributed by atoms with Crippen molar-refractivity contribution in [3.8, 4) is 0 Å². The molecule has 3 aromatic rings. The molecule has 6 nitrogen and oxygen atoms in total. The summed E-state index contributed by atoms with van der Waals surface area (Å²) in [6, 6.07) is 9.47. The zero-order valence-corrected chi connectivity index (χ0v) is 14.4. The van der Waals surface area contributed by atoms with Crippen molar-refractivity contribution < 1.29 is 14.3 Å². The second-order valence-corrected chi connectivity index (χ2v) is 7.45. The van der Waals surface area contributed by atoms with Gasteiger partial charge in [0.05, 0.1) is 24.0 Å². The number of nitrogens with zero attached hydrogens (tertiary/aromatic N) is 2. The minimum absolute atomic E-state index is 0.0358. The molecular formula is C20H21N3O3. The summed E-state index contributed by atoms with van der Waals surface area (Å²) >= 11 is 0. The Hall–Kier alpha value is -2.60. The molecule has 0 spiro atoms. The Morgan fingerprint density at radius 1 is 1.38 bits per heavy atom. The van der Waals surface area contributed by atoms with Crippen molar-refractivity contribution in [1.82, 2.24) is 14.9 Å². The van der Waals surface area contributed by atoms with Crippen molar-refractivity contribution in [1.29, 1.82) is 0 Å². The van der Waals surface area contributed by atoms with Crippen LogP contribution >= 0.6 is 0 Å². The molecule has 0 radical (unpaired) electrons. The average Bonchev–Trinajstić information content (AvgIpc) is 3.25. The molecule has 1 aromatic carbocycles. The van der Waals surface area contributed by atoms with Gasteiger partial charge in [0.1, 0.15) is 17.4 Å². The van der Waals surface area contributed by atoms with Gasteiger partial charge in [-0.3, -0.25) is 4.79 Å². The molecule has 1 fully saturated rings. The van der Waals surface area contributed by atoms with Crippen molar-refractivity contribution in [3.63, 3.8) is 0 Å². The van der Waals surface area contributed by atoms with Crippen molar-refractivity contribution in [2.24, 2.45) is 0 Å². The molecule has 5 rings (SSSR count). The molecule has 3 heterocycles. The Kier molecular flexibility index (Phi) is 3.43. The lowest BCUT2D eigenvalue weighted by Crippen LogP contribution is -2.47. The molecule has 0 bridgehead atoms. The summed E-state index contributed by atoms with van der Waals surface area (Å²) in [6.07, 6.45) is 4.97. The molecule has 2 aromatic heterocycles. The number of H-pyrrole nitrogens is 1. The van der Waals surface area contributed by atoms with Gasteiger partial charge in [-0.25, -0.2) is 4.98 Å². The highest BCUT2D eigenvalue weighted by atomic mass is 16.3. The molecule has 1 aliphatic heterocycles. The lowest BCUT2D eigenvalue weighted by molar-refractivity contribution is -0.142. The van der Waals surface area contributed by atoms with Gasteiger partial charge in [-0.1, -0.05) is 18.2 Å². The molecule has 0 saturated heterocycles. The van der Waals surface area contributed by atoms with E-state index in [9.17, 15) is 9.90 Å². The predicted octanol–water partition coefficient (Wildman–Crippen LogP) is 2.94. The number of hydrogen-bond acceptors (Lipinski definition) is 4. The van der Waals surface area contributed by atoms with E-state index in [0.717, 1.165) is 35.2 Å². The molecule has 1 saturated carbocycles. The molecule has 1 amide bonds. The van der Waals surface area contributed by atoms with Crippen molar-refractivity contribution in [2.75, 3.05) is 6.54 Å². The number of benzene rings is 1. The fourth-order valence-corrected chi connectivity index (χ4v) is 4.12. The predicted molar refractivity (Wildman–Crippen MR) is 95.5 cm³/mol. The van der Waals surface area contributed by atoms with Gasteiger partial charge < -0.3 is 19.4 Å². The second-order valence-electron chi connectivity index (χ2n) is 7.45. The van der Waals surface area contributed by atoms with Gasteiger partial charge in [0.15, 0.2) is 0 Å². The fourth-order valence-electron chi connectivity index (χ4n) is 4.12. The second kappa shape index (κ2) is 5.71. The molecule has 2 aliphatic rings. The van der Waals surface area contributed by atoms with Crippen LogP contribution in [0.1, 0.15) is 48.9 Å². The lowest BCUT2D eigenvalue weighted by Gasteiger charge is -2.40. The van der Waals surface area contributed by atoms with Gasteiger partial charge in [0.2, 0.25) is 5.91 Å². The summed E-state index contributed by atoms with van der Waals surface area (Å²) < 4.78 is 6.07. The van der Waals surface area contributed by atoms with Crippen LogP contribution in [0.2, 0.25) is 0 Å². The quantitative estimate of drug-likeness (QED) is 0.760. The van der Waals surface area contributed by atoms with Gasteiger partial charge in [0.25, 0.3) is 0 Å². The topological polar surface area (TPSA) is 82.4 Å². The van der Waals surface area contributed by atoms with Crippen LogP contribution in [0, 0.1) is 0 Å². The van der Waals surface area contributed by atoms with E-state index < -0.39 is 5.60 Å². The number of amides is 1. The van der Waals surface area contributed by atoms with Crippen molar-refractivity contribution in [2.45, 2.75) is 43.7 Å². The molecule has 1 atom stereocenters. The first-order valence-corrected chi connectivity index (χ1v) is 9.15. The summed E-state index contributed by atoms with van der Waals surface area (Å²) in [5.41, 5.74) is 1.85. The molecule has 134 valence electrons. The van der Waals surface area contributed by atoms with E-state index in [1.165, 1.54) is 0 Å². The number of aliphatic hydroxyl groups is 1. The van der Waals surface area contributed by atoms with Crippen LogP contribution in [-0.2, 0) is 11.2 Å². The smallest absolute Gasteiger partial charge is 0.226 e. The number of rotatable bonds is 3. The summed E-state index contributed by atoms with van der Waals surface area (Å²) in [6.45, 7) is 0.589. The number of nitrogens with one attached hydrogen (secondary N) is 1. The van der Waals surface area contributed by atoms with Crippen LogP contribution in [0.15, 0.2) is 41.1 Å². The normalized spacial score (nSPS) is 21.4. The van der Waals surface area contributed by atoms with Crippen LogP contribution in [0.4, 0.5) is 0 Å². The SMILES string of the molecule is O=C(CC1(O)CCC1)N1CCc2[nH]cnc2[C@H]1c1cc2ccccc2o1. The monoisotopic (exact) mass is 351 g/mol. The van der Waals surface area contributed by atoms with E-state index in [1.807, 2.05) is 35.2 Å². The number of fused-ring (bicyclic) bond motifs is 2. The highest BCUT2D eigenvalue weighted by Crippen LogP contribution is 2.39. The number of imidazole rings is 1. The lowest BCUT2D eigenvalue weighted by atomic mass is 9.77. The molecule has 2 N–H and O–H groups in total. The van der Waals surface area contributed by atoms with Gasteiger partial charge in [-0.2, -0.15) is 0 Å². The minimum Gasteiger partial charge on any atom is -0.458 e. The van der Waals surface area contributed by atoms with Crippen molar-refractivity contribution in [3.05, 3.63) is 53.8 Å². The Balaban J connectivity index is 1.54. The summed E-state index contributed by atoms with van der Waals surface area (Å²) in [5.74, 6) is 0.680. The van der Waals surface area contributed by atoms with Crippen LogP contribution in [0.25, 0.3) is 11.0 Å². The number of aromatic nitrogens is 2. The van der Waals surface area contributed by atoms with E-state index in [-0.39, 0.29) is 18.4 Å². The maximum atomic E-state index is 13.0. The van der Waals surface area contributed by atoms with Gasteiger partial charge in [0, 0.05) is 24.0 Å². The van der Waals surface area contributed by atoms with Gasteiger partial charge in [-0.05, 0) is 31.4 Å². The largest absolute Gasteiger partial charge is 0.458 e. The third kappa shape index (κ3) is 2.44. The van der Waals surface area contributed by atoms with E-state index >= 15 is 0 Å². The Morgan fingerprint density at radius 2 is 2.23 bits per heavy atom. The zero-order chi connectivity index (χ0) is 17.7. The van der Waals surface area contributed by atoms with Gasteiger partial charge >= 0.3 is 0 Å². The average molecular weight is 351 g/mol. The number of carbonyl (C=O) groups excluding carboxylic acids is 1. The third-order valence-electron chi connectivity index (χ3n) is 5.72. The highest BCUT2D eigenvalue weighted by Gasteiger charge is 2.42. The van der Waals surface area contributed by atoms with Crippen LogP contribution in [0.5, 0.6) is 0 Å². The fraction of sp³-hybridized carbons (Fsp3) is 0.400. The first-order valence-electron chi connectivity index (χ1n) is 9.15. The summed E-state index contributed by atoms with van der Waals surface area (Å²) in [5, 5.41) is 11.5. The zero-order valence-electron chi connectivity index (χ0n) is 14.4. The maximum absolute atomic E-state index is 13.0. The molecule has 26 heavy (non-hydrogen) atoms. The highest BCUT2D eigenvalue weighted by molar-refractivity contribution is 5.80. The first-order chi connectivity index (χ1) is 12.6. The number of aromatic amines is 1. The van der Waals surface area contributed by atoms with Crippen LogP contribution in [0.3, 0.4) is 0 Å². The standard InChI is InChI=1S/C20H21N3O3/c24-17(11-20(25)7-3-8-20)23-9-6-14-18(22-12-21-14)19(23)16-10-13-4-1-2-5-15(13)26-16/h1-2,4-5,10,12,19,25H,3,6-9,11H2,(H,21,22)/t19-/m1/s1. The number of para-hydroxylation sites is 1. The van der Waals surface area contributed by atoms with E-state index in [2.05, 4.69) is 9.97 Å². The molecule has 6 heteroatoms. The van der Waals surface area contributed by atoms with E-state index in [1.54, 1.807) is 6.33 Å². The molecular weight excluding hydrogens is 330 g/mol. The number of hydrogen-bond donors (Lipinski definition) is 2. The van der Waals surface area contributed by atoms with Crippen molar-refractivity contribution >= 4 is 16.9 Å².